The predicted molar refractivity (Wildman–Crippen MR) is 109 cm³/mol. The van der Waals surface area contributed by atoms with Crippen molar-refractivity contribution in [3.05, 3.63) is 64.1 Å². The zero-order valence-electron chi connectivity index (χ0n) is 16.0. The van der Waals surface area contributed by atoms with Crippen LogP contribution in [0.3, 0.4) is 0 Å². The molecule has 6 nitrogen and oxygen atoms in total. The molecule has 6 rings (SSSR count). The topological polar surface area (TPSA) is 70.0 Å². The maximum atomic E-state index is 12.6. The summed E-state index contributed by atoms with van der Waals surface area (Å²) in [5.41, 5.74) is 4.64. The molecule has 29 heavy (non-hydrogen) atoms. The first-order chi connectivity index (χ1) is 14.1. The largest absolute Gasteiger partial charge is 0.454 e. The molecule has 4 heterocycles. The van der Waals surface area contributed by atoms with Crippen LogP contribution in [-0.4, -0.2) is 20.1 Å². The van der Waals surface area contributed by atoms with Gasteiger partial charge in [-0.3, -0.25) is 14.3 Å². The predicted octanol–water partition coefficient (Wildman–Crippen LogP) is 3.81. The molecule has 1 aliphatic carbocycles. The minimum atomic E-state index is -0.212. The third-order valence-electron chi connectivity index (χ3n) is 5.98. The van der Waals surface area contributed by atoms with E-state index < -0.39 is 0 Å². The number of fused-ring (bicyclic) bond motifs is 5. The summed E-state index contributed by atoms with van der Waals surface area (Å²) < 4.78 is 9.98. The van der Waals surface area contributed by atoms with E-state index in [9.17, 15) is 9.59 Å². The number of pyridine rings is 1. The molecule has 144 valence electrons. The van der Waals surface area contributed by atoms with E-state index in [2.05, 4.69) is 17.2 Å². The van der Waals surface area contributed by atoms with Crippen molar-refractivity contribution in [2.75, 3.05) is 0 Å². The quantitative estimate of drug-likeness (QED) is 0.503. The second kappa shape index (κ2) is 5.80. The van der Waals surface area contributed by atoms with Gasteiger partial charge in [0, 0.05) is 54.5 Å². The average molecular weight is 385 g/mol. The number of carbonyl (C=O) groups is 1. The zero-order valence-corrected chi connectivity index (χ0v) is 16.0. The SMILES string of the molecule is Cn1ccc(-c2ccc3c4c(oc3c2)-c2cc(=O)c(C(=O)C3CC3)cn2CC4)n1. The average Bonchev–Trinajstić information content (AvgIpc) is 3.37. The fourth-order valence-corrected chi connectivity index (χ4v) is 4.27. The molecule has 0 amide bonds. The second-order valence-electron chi connectivity index (χ2n) is 8.01. The molecule has 4 aromatic rings. The number of Topliss-reactive ketones (excluding diaryl/α,β-unsaturated/α-hetero) is 1. The number of rotatable bonds is 3. The molecular formula is C23H19N3O3. The summed E-state index contributed by atoms with van der Waals surface area (Å²) in [5.74, 6) is 0.754. The molecule has 1 aromatic carbocycles. The van der Waals surface area contributed by atoms with Crippen LogP contribution in [0.15, 0.2) is 51.9 Å². The Bertz CT molecular complexity index is 1370. The van der Waals surface area contributed by atoms with Crippen molar-refractivity contribution in [3.8, 4) is 22.7 Å². The summed E-state index contributed by atoms with van der Waals surface area (Å²) in [4.78, 5) is 25.1. The third-order valence-corrected chi connectivity index (χ3v) is 5.98. The Morgan fingerprint density at radius 3 is 2.83 bits per heavy atom. The summed E-state index contributed by atoms with van der Waals surface area (Å²) >= 11 is 0. The highest BCUT2D eigenvalue weighted by molar-refractivity contribution is 5.99. The molecule has 2 aliphatic rings. The Morgan fingerprint density at radius 1 is 1.21 bits per heavy atom. The molecular weight excluding hydrogens is 366 g/mol. The van der Waals surface area contributed by atoms with Gasteiger partial charge in [-0.25, -0.2) is 0 Å². The lowest BCUT2D eigenvalue weighted by atomic mass is 9.99. The number of hydrogen-bond donors (Lipinski definition) is 0. The van der Waals surface area contributed by atoms with Crippen LogP contribution in [0.4, 0.5) is 0 Å². The van der Waals surface area contributed by atoms with Gasteiger partial charge in [-0.15, -0.1) is 0 Å². The first kappa shape index (κ1) is 16.5. The summed E-state index contributed by atoms with van der Waals surface area (Å²) in [5, 5.41) is 5.53. The fourth-order valence-electron chi connectivity index (χ4n) is 4.27. The van der Waals surface area contributed by atoms with Crippen molar-refractivity contribution in [1.82, 2.24) is 14.3 Å². The highest BCUT2D eigenvalue weighted by Gasteiger charge is 2.33. The lowest BCUT2D eigenvalue weighted by Crippen LogP contribution is -2.22. The lowest BCUT2D eigenvalue weighted by Gasteiger charge is -2.19. The number of hydrogen-bond acceptors (Lipinski definition) is 4. The highest BCUT2D eigenvalue weighted by Crippen LogP contribution is 2.39. The van der Waals surface area contributed by atoms with Crippen LogP contribution in [0.2, 0.25) is 0 Å². The number of aromatic nitrogens is 3. The van der Waals surface area contributed by atoms with Crippen LogP contribution in [0.25, 0.3) is 33.7 Å². The Hall–Kier alpha value is -3.41. The van der Waals surface area contributed by atoms with Crippen molar-refractivity contribution in [1.29, 1.82) is 0 Å². The van der Waals surface area contributed by atoms with Gasteiger partial charge in [0.1, 0.15) is 5.58 Å². The summed E-state index contributed by atoms with van der Waals surface area (Å²) in [6.45, 7) is 0.726. The molecule has 6 heteroatoms. The van der Waals surface area contributed by atoms with E-state index in [1.54, 1.807) is 16.9 Å². The normalized spacial score (nSPS) is 15.3. The summed E-state index contributed by atoms with van der Waals surface area (Å²) in [6, 6.07) is 9.66. The van der Waals surface area contributed by atoms with Crippen molar-refractivity contribution in [2.45, 2.75) is 25.8 Å². The molecule has 0 unspecified atom stereocenters. The van der Waals surface area contributed by atoms with Gasteiger partial charge in [-0.2, -0.15) is 5.10 Å². The maximum absolute atomic E-state index is 12.6. The van der Waals surface area contributed by atoms with Crippen molar-refractivity contribution >= 4 is 16.8 Å². The lowest BCUT2D eigenvalue weighted by molar-refractivity contribution is 0.0966. The molecule has 0 radical (unpaired) electrons. The molecule has 0 saturated heterocycles. The molecule has 1 saturated carbocycles. The zero-order chi connectivity index (χ0) is 19.7. The van der Waals surface area contributed by atoms with Gasteiger partial charge in [0.05, 0.1) is 17.0 Å². The number of aryl methyl sites for hydroxylation is 3. The van der Waals surface area contributed by atoms with E-state index in [0.717, 1.165) is 65.1 Å². The molecule has 3 aromatic heterocycles. The molecule has 0 bridgehead atoms. The number of furan rings is 1. The number of carbonyl (C=O) groups excluding carboxylic acids is 1. The Morgan fingerprint density at radius 2 is 2.07 bits per heavy atom. The van der Waals surface area contributed by atoms with Crippen molar-refractivity contribution < 1.29 is 9.21 Å². The monoisotopic (exact) mass is 385 g/mol. The van der Waals surface area contributed by atoms with Gasteiger partial charge in [0.2, 0.25) is 0 Å². The molecule has 0 N–H and O–H groups in total. The van der Waals surface area contributed by atoms with Crippen LogP contribution in [0.1, 0.15) is 28.8 Å². The third kappa shape index (κ3) is 2.52. The molecule has 0 spiro atoms. The van der Waals surface area contributed by atoms with E-state index in [0.29, 0.717) is 5.56 Å². The Labute approximate surface area is 166 Å². The minimum Gasteiger partial charge on any atom is -0.454 e. The number of ketones is 1. The summed E-state index contributed by atoms with van der Waals surface area (Å²) in [6.07, 6.45) is 6.24. The fraction of sp³-hybridized carbons (Fsp3) is 0.261. The van der Waals surface area contributed by atoms with Gasteiger partial charge in [-0.1, -0.05) is 12.1 Å². The van der Waals surface area contributed by atoms with Crippen molar-refractivity contribution in [2.24, 2.45) is 13.0 Å². The van der Waals surface area contributed by atoms with Gasteiger partial charge < -0.3 is 8.98 Å². The molecule has 1 aliphatic heterocycles. The van der Waals surface area contributed by atoms with Crippen molar-refractivity contribution in [3.63, 3.8) is 0 Å². The minimum absolute atomic E-state index is 0.0132. The highest BCUT2D eigenvalue weighted by atomic mass is 16.3. The Kier molecular flexibility index (Phi) is 3.30. The van der Waals surface area contributed by atoms with Crippen LogP contribution in [0, 0.1) is 5.92 Å². The van der Waals surface area contributed by atoms with Crippen LogP contribution < -0.4 is 5.43 Å². The van der Waals surface area contributed by atoms with E-state index in [1.165, 1.54) is 0 Å². The maximum Gasteiger partial charge on any atom is 0.193 e. The smallest absolute Gasteiger partial charge is 0.193 e. The molecule has 1 fully saturated rings. The van der Waals surface area contributed by atoms with Gasteiger partial charge in [0.25, 0.3) is 0 Å². The van der Waals surface area contributed by atoms with E-state index >= 15 is 0 Å². The first-order valence-corrected chi connectivity index (χ1v) is 9.93. The van der Waals surface area contributed by atoms with E-state index in [-0.39, 0.29) is 17.1 Å². The molecule has 0 atom stereocenters. The summed E-state index contributed by atoms with van der Waals surface area (Å²) in [7, 11) is 1.89. The number of nitrogens with zero attached hydrogens (tertiary/aromatic N) is 3. The van der Waals surface area contributed by atoms with E-state index in [4.69, 9.17) is 4.42 Å². The van der Waals surface area contributed by atoms with Gasteiger partial charge in [-0.05, 0) is 31.4 Å². The number of benzene rings is 1. The van der Waals surface area contributed by atoms with Gasteiger partial charge in [0.15, 0.2) is 17.0 Å². The van der Waals surface area contributed by atoms with E-state index in [1.807, 2.05) is 29.9 Å². The second-order valence-corrected chi connectivity index (χ2v) is 8.01. The van der Waals surface area contributed by atoms with Crippen LogP contribution in [0.5, 0.6) is 0 Å². The van der Waals surface area contributed by atoms with Crippen LogP contribution >= 0.6 is 0 Å². The first-order valence-electron chi connectivity index (χ1n) is 9.93. The standard InChI is InChI=1S/C23H19N3O3/c1-25-8-7-18(24-25)14-4-5-15-16-6-9-26-12-17(22(28)13-2-3-13)20(27)11-19(26)23(16)29-21(15)10-14/h4-5,7-8,10-13H,2-3,6,9H2,1H3. The van der Waals surface area contributed by atoms with Gasteiger partial charge >= 0.3 is 0 Å². The Balaban J connectivity index is 1.48. The van der Waals surface area contributed by atoms with Crippen LogP contribution in [-0.2, 0) is 20.0 Å².